The predicted octanol–water partition coefficient (Wildman–Crippen LogP) is 5.06. The van der Waals surface area contributed by atoms with Gasteiger partial charge in [0, 0.05) is 37.8 Å². The first-order chi connectivity index (χ1) is 23.5. The summed E-state index contributed by atoms with van der Waals surface area (Å²) in [5.41, 5.74) is 4.85. The molecule has 2 aliphatic rings. The Balaban J connectivity index is 1.18. The maximum atomic E-state index is 13.1. The van der Waals surface area contributed by atoms with Crippen molar-refractivity contribution in [2.45, 2.75) is 51.7 Å². The molecule has 0 radical (unpaired) electrons. The van der Waals surface area contributed by atoms with Gasteiger partial charge in [0.05, 0.1) is 32.6 Å². The molecule has 11 nitrogen and oxygen atoms in total. The van der Waals surface area contributed by atoms with Crippen molar-refractivity contribution >= 4 is 11.8 Å². The number of benzene rings is 3. The maximum absolute atomic E-state index is 13.1. The monoisotopic (exact) mass is 679 g/mol. The minimum absolute atomic E-state index is 0.115. The van der Waals surface area contributed by atoms with Gasteiger partial charge in [-0.2, -0.15) is 4.98 Å². The second-order valence-corrected chi connectivity index (χ2v) is 12.1. The SMILES string of the molecule is COc1ccc(CNC(=O)CN2CCc3c(-c4cccc(OC(F)(F)F)c4)ccc(CNC(=O)[C@@H]4C[C@H]4c4nc(C)no4)c3C2)c(OC)c1. The highest BCUT2D eigenvalue weighted by Gasteiger charge is 2.47. The van der Waals surface area contributed by atoms with Gasteiger partial charge in [-0.25, -0.2) is 0 Å². The van der Waals surface area contributed by atoms with Crippen LogP contribution in [0.1, 0.15) is 46.3 Å². The first kappa shape index (κ1) is 33.8. The Morgan fingerprint density at radius 1 is 0.980 bits per heavy atom. The number of nitrogens with zero attached hydrogens (tertiary/aromatic N) is 3. The second-order valence-electron chi connectivity index (χ2n) is 12.1. The molecule has 0 saturated heterocycles. The number of ether oxygens (including phenoxy) is 3. The lowest BCUT2D eigenvalue weighted by Crippen LogP contribution is -2.40. The van der Waals surface area contributed by atoms with E-state index in [1.807, 2.05) is 23.1 Å². The molecule has 49 heavy (non-hydrogen) atoms. The topological polar surface area (TPSA) is 128 Å². The smallest absolute Gasteiger partial charge is 0.497 e. The van der Waals surface area contributed by atoms with Gasteiger partial charge in [-0.15, -0.1) is 13.2 Å². The van der Waals surface area contributed by atoms with Gasteiger partial charge in [0.15, 0.2) is 5.82 Å². The third-order valence-corrected chi connectivity index (χ3v) is 8.74. The first-order valence-electron chi connectivity index (χ1n) is 15.8. The minimum Gasteiger partial charge on any atom is -0.497 e. The average molecular weight is 680 g/mol. The van der Waals surface area contributed by atoms with Crippen LogP contribution in [0.25, 0.3) is 11.1 Å². The van der Waals surface area contributed by atoms with Crippen molar-refractivity contribution < 1.29 is 41.5 Å². The Morgan fingerprint density at radius 3 is 2.51 bits per heavy atom. The third kappa shape index (κ3) is 8.13. The largest absolute Gasteiger partial charge is 0.573 e. The zero-order chi connectivity index (χ0) is 34.7. The standard InChI is InChI=1S/C35H36F3N5O6/c1-20-41-34(49-42-20)29-15-28(29)33(45)40-16-22-8-10-26(21-5-4-6-25(13-21)48-35(36,37)38)27-11-12-43(18-30(22)27)19-32(44)39-17-23-7-9-24(46-2)14-31(23)47-3/h4-10,13-14,28-29H,11-12,15-19H2,1-3H3,(H,39,44)(H,40,45)/t28-,29-/m1/s1. The average Bonchev–Trinajstić information content (AvgIpc) is 3.77. The molecule has 0 bridgehead atoms. The van der Waals surface area contributed by atoms with E-state index in [4.69, 9.17) is 14.0 Å². The van der Waals surface area contributed by atoms with E-state index in [0.717, 1.165) is 27.8 Å². The number of methoxy groups -OCH3 is 2. The van der Waals surface area contributed by atoms with Crippen LogP contribution >= 0.6 is 0 Å². The molecule has 1 aromatic heterocycles. The Labute approximate surface area is 280 Å². The number of nitrogens with one attached hydrogen (secondary N) is 2. The van der Waals surface area contributed by atoms with E-state index in [0.29, 0.717) is 54.7 Å². The highest BCUT2D eigenvalue weighted by Crippen LogP contribution is 2.47. The summed E-state index contributed by atoms with van der Waals surface area (Å²) < 4.78 is 59.1. The Hall–Kier alpha value is -5.11. The van der Waals surface area contributed by atoms with Crippen LogP contribution in [0.4, 0.5) is 13.2 Å². The fraction of sp³-hybridized carbons (Fsp3) is 0.371. The number of rotatable bonds is 12. The highest BCUT2D eigenvalue weighted by atomic mass is 19.4. The van der Waals surface area contributed by atoms with Crippen LogP contribution in [0.2, 0.25) is 0 Å². The molecule has 6 rings (SSSR count). The molecule has 1 aliphatic carbocycles. The van der Waals surface area contributed by atoms with Crippen LogP contribution in [0, 0.1) is 12.8 Å². The van der Waals surface area contributed by atoms with Crippen molar-refractivity contribution in [3.8, 4) is 28.4 Å². The number of hydrogen-bond donors (Lipinski definition) is 2. The fourth-order valence-corrected chi connectivity index (χ4v) is 6.21. The molecule has 2 heterocycles. The summed E-state index contributed by atoms with van der Waals surface area (Å²) in [5.74, 6) is 1.21. The molecule has 1 fully saturated rings. The van der Waals surface area contributed by atoms with Crippen LogP contribution < -0.4 is 24.8 Å². The van der Waals surface area contributed by atoms with Gasteiger partial charge in [-0.1, -0.05) is 29.4 Å². The number of fused-ring (bicyclic) bond motifs is 1. The normalized spacial score (nSPS) is 17.2. The minimum atomic E-state index is -4.82. The van der Waals surface area contributed by atoms with Gasteiger partial charge in [-0.05, 0) is 71.8 Å². The molecule has 0 spiro atoms. The number of aromatic nitrogens is 2. The number of halogens is 3. The lowest BCUT2D eigenvalue weighted by molar-refractivity contribution is -0.274. The van der Waals surface area contributed by atoms with Gasteiger partial charge < -0.3 is 29.4 Å². The molecule has 4 aromatic rings. The molecule has 1 saturated carbocycles. The van der Waals surface area contributed by atoms with Crippen molar-refractivity contribution in [1.29, 1.82) is 0 Å². The van der Waals surface area contributed by atoms with Crippen LogP contribution in [-0.4, -0.2) is 60.5 Å². The Kier molecular flexibility index (Phi) is 9.77. The lowest BCUT2D eigenvalue weighted by atomic mass is 9.87. The van der Waals surface area contributed by atoms with Crippen molar-refractivity contribution in [1.82, 2.24) is 25.7 Å². The van der Waals surface area contributed by atoms with E-state index < -0.39 is 6.36 Å². The highest BCUT2D eigenvalue weighted by molar-refractivity contribution is 5.82. The van der Waals surface area contributed by atoms with Gasteiger partial charge in [0.1, 0.15) is 17.2 Å². The van der Waals surface area contributed by atoms with Crippen molar-refractivity contribution in [2.24, 2.45) is 5.92 Å². The van der Waals surface area contributed by atoms with Gasteiger partial charge in [0.25, 0.3) is 0 Å². The van der Waals surface area contributed by atoms with Crippen LogP contribution in [0.15, 0.2) is 59.1 Å². The lowest BCUT2D eigenvalue weighted by Gasteiger charge is -2.31. The zero-order valence-corrected chi connectivity index (χ0v) is 27.2. The van der Waals surface area contributed by atoms with E-state index in [1.54, 1.807) is 39.3 Å². The zero-order valence-electron chi connectivity index (χ0n) is 27.2. The van der Waals surface area contributed by atoms with E-state index in [9.17, 15) is 22.8 Å². The van der Waals surface area contributed by atoms with Crippen molar-refractivity contribution in [2.75, 3.05) is 27.3 Å². The molecular weight excluding hydrogens is 643 g/mol. The summed E-state index contributed by atoms with van der Waals surface area (Å²) in [6.45, 7) is 3.29. The van der Waals surface area contributed by atoms with Gasteiger partial charge >= 0.3 is 6.36 Å². The summed E-state index contributed by atoms with van der Waals surface area (Å²) in [5, 5.41) is 9.80. The molecule has 3 aromatic carbocycles. The van der Waals surface area contributed by atoms with Crippen LogP contribution in [0.3, 0.4) is 0 Å². The van der Waals surface area contributed by atoms with E-state index >= 15 is 0 Å². The summed E-state index contributed by atoms with van der Waals surface area (Å²) in [6.07, 6.45) is -3.66. The molecule has 2 N–H and O–H groups in total. The number of carbonyl (C=O) groups excluding carboxylic acids is 2. The number of alkyl halides is 3. The van der Waals surface area contributed by atoms with E-state index in [2.05, 4.69) is 25.5 Å². The molecular formula is C35H36F3N5O6. The molecule has 1 aliphatic heterocycles. The summed E-state index contributed by atoms with van der Waals surface area (Å²) in [6, 6.07) is 15.0. The Bertz CT molecular complexity index is 1840. The summed E-state index contributed by atoms with van der Waals surface area (Å²) >= 11 is 0. The molecule has 14 heteroatoms. The Morgan fingerprint density at radius 2 is 1.78 bits per heavy atom. The number of hydrogen-bond acceptors (Lipinski definition) is 9. The van der Waals surface area contributed by atoms with Gasteiger partial charge in [0.2, 0.25) is 17.7 Å². The molecule has 258 valence electrons. The number of carbonyl (C=O) groups is 2. The quantitative estimate of drug-likeness (QED) is 0.211. The fourth-order valence-electron chi connectivity index (χ4n) is 6.21. The number of aryl methyl sites for hydroxylation is 1. The predicted molar refractivity (Wildman–Crippen MR) is 171 cm³/mol. The van der Waals surface area contributed by atoms with E-state index in [1.165, 1.54) is 18.2 Å². The third-order valence-electron chi connectivity index (χ3n) is 8.74. The van der Waals surface area contributed by atoms with Gasteiger partial charge in [-0.3, -0.25) is 14.5 Å². The maximum Gasteiger partial charge on any atom is 0.573 e. The second kappa shape index (κ2) is 14.2. The summed E-state index contributed by atoms with van der Waals surface area (Å²) in [7, 11) is 3.12. The summed E-state index contributed by atoms with van der Waals surface area (Å²) in [4.78, 5) is 32.4. The number of amides is 2. The first-order valence-corrected chi connectivity index (χ1v) is 15.8. The molecule has 0 unspecified atom stereocenters. The van der Waals surface area contributed by atoms with Crippen molar-refractivity contribution in [3.05, 3.63) is 88.6 Å². The van der Waals surface area contributed by atoms with Crippen LogP contribution in [-0.2, 0) is 35.6 Å². The molecule has 2 atom stereocenters. The van der Waals surface area contributed by atoms with Crippen molar-refractivity contribution in [3.63, 3.8) is 0 Å². The van der Waals surface area contributed by atoms with Crippen LogP contribution in [0.5, 0.6) is 17.2 Å². The molecule has 2 amide bonds. The van der Waals surface area contributed by atoms with E-state index in [-0.39, 0.29) is 49.0 Å².